The van der Waals surface area contributed by atoms with Gasteiger partial charge in [-0.3, -0.25) is 4.79 Å². The van der Waals surface area contributed by atoms with Crippen LogP contribution in [-0.4, -0.2) is 11.0 Å². The summed E-state index contributed by atoms with van der Waals surface area (Å²) < 4.78 is 0. The minimum Gasteiger partial charge on any atom is -0.506 e. The third-order valence-corrected chi connectivity index (χ3v) is 2.76. The van der Waals surface area contributed by atoms with Crippen molar-refractivity contribution in [2.45, 2.75) is 6.42 Å². The third kappa shape index (κ3) is 3.25. The molecule has 2 aromatic rings. The maximum atomic E-state index is 11.8. The van der Waals surface area contributed by atoms with Gasteiger partial charge in [0.1, 0.15) is 5.75 Å². The van der Waals surface area contributed by atoms with Gasteiger partial charge in [0.2, 0.25) is 5.91 Å². The molecule has 2 rings (SSSR count). The Hall–Kier alpha value is -2.00. The molecule has 0 heterocycles. The first kappa shape index (κ1) is 12.5. The predicted octanol–water partition coefficient (Wildman–Crippen LogP) is 3.23. The molecule has 0 atom stereocenters. The Balaban J connectivity index is 2.01. The van der Waals surface area contributed by atoms with Crippen LogP contribution in [0, 0.1) is 0 Å². The number of anilines is 1. The number of carbonyl (C=O) groups is 1. The monoisotopic (exact) mass is 261 g/mol. The van der Waals surface area contributed by atoms with Gasteiger partial charge in [-0.25, -0.2) is 0 Å². The fourth-order valence-electron chi connectivity index (χ4n) is 1.58. The molecule has 92 valence electrons. The zero-order valence-corrected chi connectivity index (χ0v) is 10.3. The van der Waals surface area contributed by atoms with Crippen LogP contribution in [-0.2, 0) is 11.2 Å². The summed E-state index contributed by atoms with van der Waals surface area (Å²) >= 11 is 5.68. The second-order valence-corrected chi connectivity index (χ2v) is 4.28. The van der Waals surface area contributed by atoms with E-state index in [4.69, 9.17) is 11.6 Å². The number of rotatable bonds is 3. The Morgan fingerprint density at radius 2 is 1.89 bits per heavy atom. The van der Waals surface area contributed by atoms with Crippen molar-refractivity contribution in [1.29, 1.82) is 0 Å². The van der Waals surface area contributed by atoms with Crippen LogP contribution in [0.4, 0.5) is 5.69 Å². The molecule has 0 spiro atoms. The van der Waals surface area contributed by atoms with E-state index in [0.29, 0.717) is 12.1 Å². The average Bonchev–Trinajstić information content (AvgIpc) is 2.35. The zero-order valence-electron chi connectivity index (χ0n) is 9.56. The van der Waals surface area contributed by atoms with Gasteiger partial charge in [0.05, 0.1) is 11.4 Å². The highest BCUT2D eigenvalue weighted by Gasteiger charge is 2.05. The van der Waals surface area contributed by atoms with E-state index >= 15 is 0 Å². The SMILES string of the molecule is O=C(Cc1ccccc1)Nc1ccc(Cl)c(O)c1. The third-order valence-electron chi connectivity index (χ3n) is 2.44. The lowest BCUT2D eigenvalue weighted by Crippen LogP contribution is -2.14. The van der Waals surface area contributed by atoms with Crippen LogP contribution in [0.25, 0.3) is 0 Å². The molecule has 0 fully saturated rings. The number of phenolic OH excluding ortho intramolecular Hbond substituents is 1. The predicted molar refractivity (Wildman–Crippen MR) is 71.9 cm³/mol. The van der Waals surface area contributed by atoms with Crippen LogP contribution >= 0.6 is 11.6 Å². The van der Waals surface area contributed by atoms with Crippen molar-refractivity contribution in [3.63, 3.8) is 0 Å². The molecule has 2 aromatic carbocycles. The molecule has 3 nitrogen and oxygen atoms in total. The second-order valence-electron chi connectivity index (χ2n) is 3.88. The van der Waals surface area contributed by atoms with Crippen molar-refractivity contribution >= 4 is 23.2 Å². The lowest BCUT2D eigenvalue weighted by molar-refractivity contribution is -0.115. The normalized spacial score (nSPS) is 10.1. The number of carbonyl (C=O) groups excluding carboxylic acids is 1. The first-order valence-electron chi connectivity index (χ1n) is 5.47. The molecule has 0 aliphatic rings. The van der Waals surface area contributed by atoms with Gasteiger partial charge in [-0.2, -0.15) is 0 Å². The Bertz CT molecular complexity index is 555. The summed E-state index contributed by atoms with van der Waals surface area (Å²) in [6.45, 7) is 0. The number of aromatic hydroxyl groups is 1. The van der Waals surface area contributed by atoms with Crippen LogP contribution in [0.15, 0.2) is 48.5 Å². The van der Waals surface area contributed by atoms with Crippen molar-refractivity contribution < 1.29 is 9.90 Å². The van der Waals surface area contributed by atoms with Crippen molar-refractivity contribution in [2.24, 2.45) is 0 Å². The van der Waals surface area contributed by atoms with E-state index in [9.17, 15) is 9.90 Å². The Kier molecular flexibility index (Phi) is 3.85. The molecule has 2 N–H and O–H groups in total. The zero-order chi connectivity index (χ0) is 13.0. The minimum absolute atomic E-state index is 0.0471. The highest BCUT2D eigenvalue weighted by molar-refractivity contribution is 6.32. The maximum Gasteiger partial charge on any atom is 0.228 e. The van der Waals surface area contributed by atoms with E-state index in [2.05, 4.69) is 5.32 Å². The summed E-state index contributed by atoms with van der Waals surface area (Å²) in [7, 11) is 0. The Labute approximate surface area is 110 Å². The fourth-order valence-corrected chi connectivity index (χ4v) is 1.69. The molecule has 18 heavy (non-hydrogen) atoms. The summed E-state index contributed by atoms with van der Waals surface area (Å²) in [6.07, 6.45) is 0.296. The van der Waals surface area contributed by atoms with E-state index in [1.165, 1.54) is 12.1 Å². The molecule has 1 amide bonds. The molecule has 0 aliphatic heterocycles. The standard InChI is InChI=1S/C14H12ClNO2/c15-12-7-6-11(9-13(12)17)16-14(18)8-10-4-2-1-3-5-10/h1-7,9,17H,8H2,(H,16,18). The van der Waals surface area contributed by atoms with Crippen LogP contribution in [0.1, 0.15) is 5.56 Å². The van der Waals surface area contributed by atoms with Gasteiger partial charge in [-0.1, -0.05) is 41.9 Å². The first-order chi connectivity index (χ1) is 8.65. The Morgan fingerprint density at radius 1 is 1.17 bits per heavy atom. The number of hydrogen-bond acceptors (Lipinski definition) is 2. The summed E-state index contributed by atoms with van der Waals surface area (Å²) in [6, 6.07) is 14.1. The fraction of sp³-hybridized carbons (Fsp3) is 0.0714. The lowest BCUT2D eigenvalue weighted by Gasteiger charge is -2.06. The second kappa shape index (κ2) is 5.56. The number of hydrogen-bond donors (Lipinski definition) is 2. The molecule has 0 bridgehead atoms. The number of benzene rings is 2. The van der Waals surface area contributed by atoms with Gasteiger partial charge in [0, 0.05) is 11.8 Å². The first-order valence-corrected chi connectivity index (χ1v) is 5.85. The van der Waals surface area contributed by atoms with Crippen LogP contribution in [0.3, 0.4) is 0 Å². The topological polar surface area (TPSA) is 49.3 Å². The molecule has 4 heteroatoms. The number of halogens is 1. The van der Waals surface area contributed by atoms with Gasteiger partial charge in [-0.15, -0.1) is 0 Å². The average molecular weight is 262 g/mol. The summed E-state index contributed by atoms with van der Waals surface area (Å²) in [5.74, 6) is -0.183. The summed E-state index contributed by atoms with van der Waals surface area (Å²) in [4.78, 5) is 11.8. The minimum atomic E-state index is -0.136. The van der Waals surface area contributed by atoms with Crippen LogP contribution < -0.4 is 5.32 Å². The summed E-state index contributed by atoms with van der Waals surface area (Å²) in [5.41, 5.74) is 1.46. The van der Waals surface area contributed by atoms with Gasteiger partial charge in [-0.05, 0) is 17.7 Å². The lowest BCUT2D eigenvalue weighted by atomic mass is 10.1. The van der Waals surface area contributed by atoms with Crippen LogP contribution in [0.2, 0.25) is 5.02 Å². The highest BCUT2D eigenvalue weighted by Crippen LogP contribution is 2.26. The highest BCUT2D eigenvalue weighted by atomic mass is 35.5. The van der Waals surface area contributed by atoms with E-state index in [1.54, 1.807) is 6.07 Å². The van der Waals surface area contributed by atoms with E-state index in [1.807, 2.05) is 30.3 Å². The molecule has 0 aromatic heterocycles. The molecular formula is C14H12ClNO2. The molecule has 0 saturated carbocycles. The number of nitrogens with one attached hydrogen (secondary N) is 1. The maximum absolute atomic E-state index is 11.8. The quantitative estimate of drug-likeness (QED) is 0.891. The summed E-state index contributed by atoms with van der Waals surface area (Å²) in [5, 5.41) is 12.4. The van der Waals surface area contributed by atoms with Crippen molar-refractivity contribution in [1.82, 2.24) is 0 Å². The smallest absolute Gasteiger partial charge is 0.228 e. The molecular weight excluding hydrogens is 250 g/mol. The number of amides is 1. The molecule has 0 saturated heterocycles. The van der Waals surface area contributed by atoms with E-state index in [0.717, 1.165) is 5.56 Å². The number of phenols is 1. The molecule has 0 unspecified atom stereocenters. The molecule has 0 aliphatic carbocycles. The van der Waals surface area contributed by atoms with Gasteiger partial charge in [0.15, 0.2) is 0 Å². The Morgan fingerprint density at radius 3 is 2.56 bits per heavy atom. The van der Waals surface area contributed by atoms with Crippen molar-refractivity contribution in [2.75, 3.05) is 5.32 Å². The van der Waals surface area contributed by atoms with E-state index < -0.39 is 0 Å². The largest absolute Gasteiger partial charge is 0.506 e. The molecule has 0 radical (unpaired) electrons. The van der Waals surface area contributed by atoms with Gasteiger partial charge in [0.25, 0.3) is 0 Å². The van der Waals surface area contributed by atoms with Crippen LogP contribution in [0.5, 0.6) is 5.75 Å². The van der Waals surface area contributed by atoms with Crippen molar-refractivity contribution in [3.05, 3.63) is 59.1 Å². The van der Waals surface area contributed by atoms with Crippen molar-refractivity contribution in [3.8, 4) is 5.75 Å². The van der Waals surface area contributed by atoms with E-state index in [-0.39, 0.29) is 16.7 Å². The van der Waals surface area contributed by atoms with Gasteiger partial charge < -0.3 is 10.4 Å². The van der Waals surface area contributed by atoms with Gasteiger partial charge >= 0.3 is 0 Å².